The molecule has 0 saturated carbocycles. The zero-order chi connectivity index (χ0) is 21.5. The molecule has 0 aliphatic heterocycles. The highest BCUT2D eigenvalue weighted by Crippen LogP contribution is 2.24. The van der Waals surface area contributed by atoms with Crippen LogP contribution in [0.4, 0.5) is 0 Å². The normalized spacial score (nSPS) is 11.0. The minimum absolute atomic E-state index is 0.0311. The van der Waals surface area contributed by atoms with Crippen molar-refractivity contribution >= 4 is 22.7 Å². The van der Waals surface area contributed by atoms with Crippen molar-refractivity contribution in [2.24, 2.45) is 0 Å². The maximum Gasteiger partial charge on any atom is 0.262 e. The molecule has 0 radical (unpaired) electrons. The van der Waals surface area contributed by atoms with Crippen LogP contribution in [0, 0.1) is 0 Å². The van der Waals surface area contributed by atoms with Crippen molar-refractivity contribution in [2.45, 2.75) is 30.5 Å². The number of aliphatic hydroxyl groups is 1. The number of hydrogen-bond acceptors (Lipinski definition) is 6. The summed E-state index contributed by atoms with van der Waals surface area (Å²) in [5, 5.41) is 10.5. The first-order chi connectivity index (χ1) is 15.2. The summed E-state index contributed by atoms with van der Waals surface area (Å²) in [5.74, 6) is 1.45. The van der Waals surface area contributed by atoms with Gasteiger partial charge in [0.05, 0.1) is 16.6 Å². The lowest BCUT2D eigenvalue weighted by Crippen LogP contribution is -2.24. The number of aromatic nitrogens is 3. The molecule has 4 aromatic rings. The van der Waals surface area contributed by atoms with Gasteiger partial charge in [-0.25, -0.2) is 4.98 Å². The lowest BCUT2D eigenvalue weighted by Gasteiger charge is -2.13. The molecule has 0 aliphatic rings. The lowest BCUT2D eigenvalue weighted by molar-refractivity contribution is 0.276. The lowest BCUT2D eigenvalue weighted by atomic mass is 10.2. The van der Waals surface area contributed by atoms with Gasteiger partial charge in [-0.3, -0.25) is 14.3 Å². The van der Waals surface area contributed by atoms with Gasteiger partial charge in [0.1, 0.15) is 12.4 Å². The van der Waals surface area contributed by atoms with Crippen LogP contribution in [0.2, 0.25) is 0 Å². The fraction of sp³-hybridized carbons (Fsp3) is 0.208. The Labute approximate surface area is 184 Å². The monoisotopic (exact) mass is 433 g/mol. The first-order valence-electron chi connectivity index (χ1n) is 10.1. The van der Waals surface area contributed by atoms with Gasteiger partial charge in [0.2, 0.25) is 0 Å². The van der Waals surface area contributed by atoms with Crippen LogP contribution in [-0.2, 0) is 18.9 Å². The van der Waals surface area contributed by atoms with E-state index in [2.05, 4.69) is 4.98 Å². The molecule has 1 N–H and O–H groups in total. The summed E-state index contributed by atoms with van der Waals surface area (Å²) in [5.41, 5.74) is 2.60. The Morgan fingerprint density at radius 3 is 2.58 bits per heavy atom. The highest BCUT2D eigenvalue weighted by molar-refractivity contribution is 7.98. The number of fused-ring (bicyclic) bond motifs is 1. The van der Waals surface area contributed by atoms with Gasteiger partial charge < -0.3 is 9.84 Å². The predicted octanol–water partition coefficient (Wildman–Crippen LogP) is 4.05. The van der Waals surface area contributed by atoms with Gasteiger partial charge in [-0.05, 0) is 48.4 Å². The van der Waals surface area contributed by atoms with Crippen LogP contribution in [0.15, 0.2) is 82.9 Å². The fourth-order valence-electron chi connectivity index (χ4n) is 3.15. The van der Waals surface area contributed by atoms with Crippen LogP contribution in [0.3, 0.4) is 0 Å². The molecule has 4 rings (SSSR count). The van der Waals surface area contributed by atoms with E-state index >= 15 is 0 Å². The molecule has 7 heteroatoms. The highest BCUT2D eigenvalue weighted by atomic mass is 32.2. The molecule has 2 heterocycles. The number of benzene rings is 2. The van der Waals surface area contributed by atoms with Gasteiger partial charge >= 0.3 is 0 Å². The van der Waals surface area contributed by atoms with Gasteiger partial charge in [-0.15, -0.1) is 0 Å². The van der Waals surface area contributed by atoms with Gasteiger partial charge in [0.25, 0.3) is 5.56 Å². The topological polar surface area (TPSA) is 77.2 Å². The third-order valence-electron chi connectivity index (χ3n) is 4.77. The first-order valence-corrected chi connectivity index (χ1v) is 11.1. The zero-order valence-electron chi connectivity index (χ0n) is 17.0. The average molecular weight is 434 g/mol. The smallest absolute Gasteiger partial charge is 0.262 e. The Morgan fingerprint density at radius 2 is 1.81 bits per heavy atom. The predicted molar refractivity (Wildman–Crippen MR) is 122 cm³/mol. The third-order valence-corrected chi connectivity index (χ3v) is 5.82. The molecule has 0 spiro atoms. The van der Waals surface area contributed by atoms with Crippen molar-refractivity contribution in [1.82, 2.24) is 14.5 Å². The molecule has 6 nitrogen and oxygen atoms in total. The van der Waals surface area contributed by atoms with Crippen molar-refractivity contribution < 1.29 is 9.84 Å². The van der Waals surface area contributed by atoms with Gasteiger partial charge in [-0.2, -0.15) is 0 Å². The second kappa shape index (κ2) is 10.2. The summed E-state index contributed by atoms with van der Waals surface area (Å²) in [6.07, 6.45) is 2.26. The Morgan fingerprint density at radius 1 is 1.00 bits per heavy atom. The third kappa shape index (κ3) is 5.31. The van der Waals surface area contributed by atoms with E-state index in [9.17, 15) is 9.90 Å². The second-order valence-corrected chi connectivity index (χ2v) is 7.93. The van der Waals surface area contributed by atoms with Crippen LogP contribution in [0.25, 0.3) is 10.9 Å². The summed E-state index contributed by atoms with van der Waals surface area (Å²) in [7, 11) is 0. The molecular formula is C24H23N3O3S. The number of nitrogens with zero attached hydrogens (tertiary/aromatic N) is 3. The van der Waals surface area contributed by atoms with E-state index in [1.807, 2.05) is 60.7 Å². The van der Waals surface area contributed by atoms with Gasteiger partial charge in [-0.1, -0.05) is 42.1 Å². The van der Waals surface area contributed by atoms with E-state index in [1.165, 1.54) is 11.8 Å². The summed E-state index contributed by atoms with van der Waals surface area (Å²) in [6.45, 7) is 0.895. The number of thioether (sulfide) groups is 1. The van der Waals surface area contributed by atoms with E-state index < -0.39 is 0 Å². The Bertz CT molecular complexity index is 1190. The molecule has 0 unspecified atom stereocenters. The maximum atomic E-state index is 12.9. The Hall–Kier alpha value is -3.16. The van der Waals surface area contributed by atoms with Crippen LogP contribution >= 0.6 is 11.8 Å². The van der Waals surface area contributed by atoms with Crippen LogP contribution < -0.4 is 10.3 Å². The average Bonchev–Trinajstić information content (AvgIpc) is 2.82. The fourth-order valence-corrected chi connectivity index (χ4v) is 4.14. The molecule has 0 fully saturated rings. The van der Waals surface area contributed by atoms with Crippen molar-refractivity contribution in [1.29, 1.82) is 0 Å². The minimum atomic E-state index is -0.0696. The van der Waals surface area contributed by atoms with Crippen LogP contribution in [0.5, 0.6) is 5.75 Å². The number of rotatable bonds is 9. The van der Waals surface area contributed by atoms with E-state index in [0.717, 1.165) is 17.0 Å². The highest BCUT2D eigenvalue weighted by Gasteiger charge is 2.11. The minimum Gasteiger partial charge on any atom is -0.487 e. The molecule has 0 amide bonds. The Kier molecular flexibility index (Phi) is 6.96. The molecule has 2 aromatic heterocycles. The summed E-state index contributed by atoms with van der Waals surface area (Å²) < 4.78 is 7.45. The number of para-hydroxylation sites is 1. The van der Waals surface area contributed by atoms with Gasteiger partial charge in [0.15, 0.2) is 5.16 Å². The van der Waals surface area contributed by atoms with Crippen molar-refractivity contribution in [2.75, 3.05) is 6.61 Å². The molecule has 31 heavy (non-hydrogen) atoms. The standard InChI is InChI=1S/C24H23N3O3S/c28-15-5-14-27-23(29)21-7-1-2-8-22(21)26-24(27)31-17-18-9-11-20(12-10-18)30-16-19-6-3-4-13-25-19/h1-4,6-13,28H,5,14-17H2. The second-order valence-electron chi connectivity index (χ2n) is 6.99. The van der Waals surface area contributed by atoms with E-state index in [4.69, 9.17) is 9.72 Å². The summed E-state index contributed by atoms with van der Waals surface area (Å²) >= 11 is 1.52. The van der Waals surface area contributed by atoms with Gasteiger partial charge in [0, 0.05) is 25.1 Å². The van der Waals surface area contributed by atoms with Crippen molar-refractivity contribution in [3.8, 4) is 5.75 Å². The van der Waals surface area contributed by atoms with Crippen molar-refractivity contribution in [3.05, 3.63) is 94.5 Å². The van der Waals surface area contributed by atoms with Crippen LogP contribution in [-0.4, -0.2) is 26.2 Å². The molecule has 0 atom stereocenters. The van der Waals surface area contributed by atoms with E-state index in [1.54, 1.807) is 16.8 Å². The largest absolute Gasteiger partial charge is 0.487 e. The number of aliphatic hydroxyl groups excluding tert-OH is 1. The van der Waals surface area contributed by atoms with E-state index in [0.29, 0.717) is 41.4 Å². The summed E-state index contributed by atoms with van der Waals surface area (Å²) in [4.78, 5) is 21.9. The summed E-state index contributed by atoms with van der Waals surface area (Å²) in [6, 6.07) is 21.0. The van der Waals surface area contributed by atoms with Crippen molar-refractivity contribution in [3.63, 3.8) is 0 Å². The SMILES string of the molecule is O=c1c2ccccc2nc(SCc2ccc(OCc3ccccn3)cc2)n1CCCO. The molecule has 2 aromatic carbocycles. The first kappa shape index (κ1) is 21.1. The molecule has 0 saturated heterocycles. The zero-order valence-corrected chi connectivity index (χ0v) is 17.8. The number of ether oxygens (including phenoxy) is 1. The molecule has 0 bridgehead atoms. The molecule has 158 valence electrons. The Balaban J connectivity index is 1.46. The maximum absolute atomic E-state index is 12.9. The quantitative estimate of drug-likeness (QED) is 0.317. The number of hydrogen-bond donors (Lipinski definition) is 1. The molecular weight excluding hydrogens is 410 g/mol. The van der Waals surface area contributed by atoms with Crippen LogP contribution in [0.1, 0.15) is 17.7 Å². The number of pyridine rings is 1. The van der Waals surface area contributed by atoms with E-state index in [-0.39, 0.29) is 12.2 Å². The molecule has 0 aliphatic carbocycles.